The predicted molar refractivity (Wildman–Crippen MR) is 49.0 cm³/mol. The van der Waals surface area contributed by atoms with Crippen molar-refractivity contribution in [2.24, 2.45) is 5.92 Å². The van der Waals surface area contributed by atoms with Crippen molar-refractivity contribution < 1.29 is 18.6 Å². The van der Waals surface area contributed by atoms with Crippen LogP contribution in [0.25, 0.3) is 0 Å². The van der Waals surface area contributed by atoms with Gasteiger partial charge in [0.1, 0.15) is 0 Å². The standard InChI is InChI=1S/C7H13ClO4S/c8-13(11,12)7(1-2-7)3-6(4-9)5-10/h6,9-10H,1-5H2. The Kier molecular flexibility index (Phi) is 3.22. The van der Waals surface area contributed by atoms with Crippen LogP contribution in [0.3, 0.4) is 0 Å². The van der Waals surface area contributed by atoms with Crippen molar-refractivity contribution in [3.05, 3.63) is 0 Å². The van der Waals surface area contributed by atoms with Gasteiger partial charge in [0, 0.05) is 29.8 Å². The highest BCUT2D eigenvalue weighted by Crippen LogP contribution is 2.49. The molecule has 2 N–H and O–H groups in total. The van der Waals surface area contributed by atoms with E-state index in [1.165, 1.54) is 0 Å². The van der Waals surface area contributed by atoms with Gasteiger partial charge in [0.05, 0.1) is 4.75 Å². The number of aliphatic hydroxyl groups is 2. The minimum Gasteiger partial charge on any atom is -0.396 e. The van der Waals surface area contributed by atoms with Crippen LogP contribution < -0.4 is 0 Å². The summed E-state index contributed by atoms with van der Waals surface area (Å²) in [6, 6.07) is 0. The van der Waals surface area contributed by atoms with E-state index in [1.807, 2.05) is 0 Å². The zero-order valence-corrected chi connectivity index (χ0v) is 8.68. The highest BCUT2D eigenvalue weighted by molar-refractivity contribution is 8.15. The van der Waals surface area contributed by atoms with Gasteiger partial charge in [0.2, 0.25) is 9.05 Å². The van der Waals surface area contributed by atoms with E-state index in [1.54, 1.807) is 0 Å². The lowest BCUT2D eigenvalue weighted by Gasteiger charge is -2.16. The maximum atomic E-state index is 11.1. The predicted octanol–water partition coefficient (Wildman–Crippen LogP) is 0.0785. The van der Waals surface area contributed by atoms with Gasteiger partial charge in [-0.05, 0) is 19.3 Å². The Bertz CT molecular complexity index is 266. The van der Waals surface area contributed by atoms with Crippen LogP contribution in [0, 0.1) is 5.92 Å². The Labute approximate surface area is 81.9 Å². The summed E-state index contributed by atoms with van der Waals surface area (Å²) in [5, 5.41) is 17.6. The van der Waals surface area contributed by atoms with E-state index in [4.69, 9.17) is 20.9 Å². The van der Waals surface area contributed by atoms with E-state index in [9.17, 15) is 8.42 Å². The third kappa shape index (κ3) is 2.34. The fourth-order valence-electron chi connectivity index (χ4n) is 1.40. The minimum absolute atomic E-state index is 0.204. The summed E-state index contributed by atoms with van der Waals surface area (Å²) in [6.07, 6.45) is 1.33. The van der Waals surface area contributed by atoms with Crippen LogP contribution in [0.1, 0.15) is 19.3 Å². The molecule has 1 rings (SSSR count). The summed E-state index contributed by atoms with van der Waals surface area (Å²) in [6.45, 7) is -0.407. The third-order valence-corrected chi connectivity index (χ3v) is 5.09. The summed E-state index contributed by atoms with van der Waals surface area (Å²) in [4.78, 5) is 0. The van der Waals surface area contributed by atoms with E-state index < -0.39 is 13.8 Å². The maximum Gasteiger partial charge on any atom is 0.238 e. The molecule has 6 heteroatoms. The van der Waals surface area contributed by atoms with Crippen LogP contribution in [-0.2, 0) is 9.05 Å². The van der Waals surface area contributed by atoms with Crippen LogP contribution >= 0.6 is 10.7 Å². The molecular formula is C7H13ClO4S. The number of aliphatic hydroxyl groups excluding tert-OH is 2. The second-order valence-corrected chi connectivity index (χ2v) is 6.52. The van der Waals surface area contributed by atoms with Crippen molar-refractivity contribution in [2.75, 3.05) is 13.2 Å². The smallest absolute Gasteiger partial charge is 0.238 e. The largest absolute Gasteiger partial charge is 0.396 e. The van der Waals surface area contributed by atoms with Crippen molar-refractivity contribution >= 4 is 19.7 Å². The van der Waals surface area contributed by atoms with Gasteiger partial charge in [-0.2, -0.15) is 0 Å². The van der Waals surface area contributed by atoms with Crippen molar-refractivity contribution in [1.29, 1.82) is 0 Å². The normalized spacial score (nSPS) is 20.6. The lowest BCUT2D eigenvalue weighted by molar-refractivity contribution is 0.141. The summed E-state index contributed by atoms with van der Waals surface area (Å²) < 4.78 is 21.3. The first kappa shape index (κ1) is 11.2. The van der Waals surface area contributed by atoms with E-state index in [-0.39, 0.29) is 25.6 Å². The van der Waals surface area contributed by atoms with Crippen molar-refractivity contribution in [1.82, 2.24) is 0 Å². The third-order valence-electron chi connectivity index (χ3n) is 2.50. The Morgan fingerprint density at radius 1 is 1.31 bits per heavy atom. The molecule has 0 saturated heterocycles. The van der Waals surface area contributed by atoms with Gasteiger partial charge in [-0.25, -0.2) is 8.42 Å². The van der Waals surface area contributed by atoms with Crippen molar-refractivity contribution in [3.8, 4) is 0 Å². The number of rotatable bonds is 5. The summed E-state index contributed by atoms with van der Waals surface area (Å²) in [5.41, 5.74) is 0. The van der Waals surface area contributed by atoms with Crippen molar-refractivity contribution in [2.45, 2.75) is 24.0 Å². The zero-order chi connectivity index (χ0) is 10.1. The van der Waals surface area contributed by atoms with Gasteiger partial charge in [-0.3, -0.25) is 0 Å². The Balaban J connectivity index is 2.63. The topological polar surface area (TPSA) is 74.6 Å². The van der Waals surface area contributed by atoms with Gasteiger partial charge in [0.15, 0.2) is 0 Å². The Hall–Kier alpha value is 0.160. The molecule has 1 fully saturated rings. The molecule has 4 nitrogen and oxygen atoms in total. The average molecular weight is 229 g/mol. The summed E-state index contributed by atoms with van der Waals surface area (Å²) >= 11 is 0. The molecule has 0 spiro atoms. The SMILES string of the molecule is O=S(=O)(Cl)C1(CC(CO)CO)CC1. The molecule has 0 heterocycles. The summed E-state index contributed by atoms with van der Waals surface area (Å²) in [7, 11) is 1.70. The van der Waals surface area contributed by atoms with Crippen LogP contribution in [0.4, 0.5) is 0 Å². The molecule has 0 unspecified atom stereocenters. The maximum absolute atomic E-state index is 11.1. The van der Waals surface area contributed by atoms with Crippen LogP contribution in [0.5, 0.6) is 0 Å². The van der Waals surface area contributed by atoms with Gasteiger partial charge >= 0.3 is 0 Å². The lowest BCUT2D eigenvalue weighted by Crippen LogP contribution is -2.25. The second kappa shape index (κ2) is 3.73. The molecule has 0 aromatic carbocycles. The first-order valence-electron chi connectivity index (χ1n) is 4.11. The average Bonchev–Trinajstić information content (AvgIpc) is 2.79. The molecule has 78 valence electrons. The molecular weight excluding hydrogens is 216 g/mol. The molecule has 0 bridgehead atoms. The highest BCUT2D eigenvalue weighted by atomic mass is 35.7. The zero-order valence-electron chi connectivity index (χ0n) is 7.11. The van der Waals surface area contributed by atoms with E-state index in [2.05, 4.69) is 0 Å². The fraction of sp³-hybridized carbons (Fsp3) is 1.00. The molecule has 0 radical (unpaired) electrons. The molecule has 0 aromatic heterocycles. The van der Waals surface area contributed by atoms with E-state index >= 15 is 0 Å². The van der Waals surface area contributed by atoms with E-state index in [0.717, 1.165) is 0 Å². The number of hydrogen-bond donors (Lipinski definition) is 2. The highest BCUT2D eigenvalue weighted by Gasteiger charge is 2.54. The van der Waals surface area contributed by atoms with Gasteiger partial charge in [-0.1, -0.05) is 0 Å². The minimum atomic E-state index is -3.56. The summed E-state index contributed by atoms with van der Waals surface area (Å²) in [5.74, 6) is -0.379. The van der Waals surface area contributed by atoms with Crippen LogP contribution in [0.2, 0.25) is 0 Å². The van der Waals surface area contributed by atoms with Crippen LogP contribution in [-0.4, -0.2) is 36.6 Å². The van der Waals surface area contributed by atoms with Crippen molar-refractivity contribution in [3.63, 3.8) is 0 Å². The number of hydrogen-bond acceptors (Lipinski definition) is 4. The first-order valence-corrected chi connectivity index (χ1v) is 6.42. The van der Waals surface area contributed by atoms with E-state index in [0.29, 0.717) is 12.8 Å². The quantitative estimate of drug-likeness (QED) is 0.654. The van der Waals surface area contributed by atoms with Gasteiger partial charge < -0.3 is 10.2 Å². The number of halogens is 1. The molecule has 1 aliphatic rings. The molecule has 0 aromatic rings. The monoisotopic (exact) mass is 228 g/mol. The van der Waals surface area contributed by atoms with Gasteiger partial charge in [0.25, 0.3) is 0 Å². The molecule has 13 heavy (non-hydrogen) atoms. The molecule has 1 saturated carbocycles. The van der Waals surface area contributed by atoms with Gasteiger partial charge in [-0.15, -0.1) is 0 Å². The molecule has 1 aliphatic carbocycles. The molecule has 0 atom stereocenters. The molecule has 0 amide bonds. The van der Waals surface area contributed by atoms with Crippen LogP contribution in [0.15, 0.2) is 0 Å². The second-order valence-electron chi connectivity index (χ2n) is 3.56. The first-order chi connectivity index (χ1) is 5.95. The lowest BCUT2D eigenvalue weighted by atomic mass is 10.0. The molecule has 0 aliphatic heterocycles. The fourth-order valence-corrected chi connectivity index (χ4v) is 3.08. The Morgan fingerprint density at radius 3 is 2.00 bits per heavy atom. The Morgan fingerprint density at radius 2 is 1.77 bits per heavy atom.